The first-order chi connectivity index (χ1) is 17.7. The number of thiazole rings is 1. The van der Waals surface area contributed by atoms with Crippen molar-refractivity contribution in [1.82, 2.24) is 14.5 Å². The summed E-state index contributed by atoms with van der Waals surface area (Å²) in [5.74, 6) is -0.300. The van der Waals surface area contributed by atoms with Crippen molar-refractivity contribution >= 4 is 49.0 Å². The summed E-state index contributed by atoms with van der Waals surface area (Å²) in [6, 6.07) is 12.9. The number of nitrogens with one attached hydrogen (secondary N) is 1. The third-order valence-electron chi connectivity index (χ3n) is 6.84. The minimum absolute atomic E-state index is 0. The maximum Gasteiger partial charge on any atom is 0.263 e. The number of halogens is 1. The van der Waals surface area contributed by atoms with Crippen molar-refractivity contribution in [3.63, 3.8) is 0 Å². The minimum atomic E-state index is -3.71. The molecule has 1 saturated heterocycles. The van der Waals surface area contributed by atoms with Gasteiger partial charge >= 0.3 is 0 Å². The Morgan fingerprint density at radius 2 is 1.97 bits per heavy atom. The number of hydrogen-bond acceptors (Lipinski definition) is 6. The molecule has 5 rings (SSSR count). The summed E-state index contributed by atoms with van der Waals surface area (Å²) in [6.45, 7) is 7.52. The molecule has 11 heteroatoms. The highest BCUT2D eigenvalue weighted by Crippen LogP contribution is 2.29. The normalized spacial score (nSPS) is 17.2. The molecular weight excluding hydrogens is 513 g/mol. The third-order valence-corrected chi connectivity index (χ3v) is 9.02. The van der Waals surface area contributed by atoms with Gasteiger partial charge in [-0.05, 0) is 63.2 Å². The van der Waals surface area contributed by atoms with Crippen LogP contribution in [0.4, 0.5) is 15.2 Å². The molecule has 4 aromatic rings. The van der Waals surface area contributed by atoms with Crippen LogP contribution in [0.25, 0.3) is 10.9 Å². The number of fused-ring (bicyclic) bond motifs is 1. The van der Waals surface area contributed by atoms with Gasteiger partial charge in [0.25, 0.3) is 10.0 Å². The van der Waals surface area contributed by atoms with E-state index in [1.54, 1.807) is 48.0 Å². The van der Waals surface area contributed by atoms with Crippen LogP contribution in [0.2, 0.25) is 0 Å². The Balaban J connectivity index is 0.00000187. The summed E-state index contributed by atoms with van der Waals surface area (Å²) < 4.78 is 43.9. The van der Waals surface area contributed by atoms with Gasteiger partial charge in [-0.25, -0.2) is 17.8 Å². The van der Waals surface area contributed by atoms with Gasteiger partial charge in [-0.1, -0.05) is 6.07 Å². The Kier molecular flexibility index (Phi) is 6.67. The fourth-order valence-corrected chi connectivity index (χ4v) is 6.80. The van der Waals surface area contributed by atoms with Crippen molar-refractivity contribution < 1.29 is 21.9 Å². The predicted molar refractivity (Wildman–Crippen MR) is 150 cm³/mol. The van der Waals surface area contributed by atoms with Gasteiger partial charge in [-0.2, -0.15) is 0 Å². The smallest absolute Gasteiger partial charge is 0.263 e. The molecule has 2 aromatic carbocycles. The number of sulfonamides is 1. The largest absolute Gasteiger partial charge is 0.368 e. The Morgan fingerprint density at radius 1 is 1.22 bits per heavy atom. The number of anilines is 2. The minimum Gasteiger partial charge on any atom is -0.368 e. The van der Waals surface area contributed by atoms with Gasteiger partial charge < -0.3 is 14.4 Å². The molecule has 0 saturated carbocycles. The van der Waals surface area contributed by atoms with Crippen molar-refractivity contribution in [2.24, 2.45) is 0 Å². The molecule has 1 aliphatic rings. The molecule has 0 bridgehead atoms. The number of amides is 1. The first kappa shape index (κ1) is 25.2. The summed E-state index contributed by atoms with van der Waals surface area (Å²) in [5, 5.41) is 2.54. The lowest BCUT2D eigenvalue weighted by Gasteiger charge is -2.42. The second-order valence-electron chi connectivity index (χ2n) is 9.27. The molecule has 0 unspecified atom stereocenters. The summed E-state index contributed by atoms with van der Waals surface area (Å²) >= 11 is 1.22. The van der Waals surface area contributed by atoms with E-state index in [0.717, 1.165) is 11.4 Å². The molecule has 0 radical (unpaired) electrons. The highest BCUT2D eigenvalue weighted by Gasteiger charge is 2.32. The number of carbonyl (C=O) groups is 1. The van der Waals surface area contributed by atoms with Gasteiger partial charge in [-0.15, -0.1) is 11.3 Å². The van der Waals surface area contributed by atoms with E-state index in [1.165, 1.54) is 17.4 Å². The molecule has 1 N–H and O–H groups in total. The van der Waals surface area contributed by atoms with E-state index in [1.807, 2.05) is 36.3 Å². The molecule has 3 heterocycles. The number of benzene rings is 2. The molecule has 37 heavy (non-hydrogen) atoms. The molecule has 0 aliphatic carbocycles. The van der Waals surface area contributed by atoms with Crippen molar-refractivity contribution in [2.45, 2.75) is 37.8 Å². The van der Waals surface area contributed by atoms with Crippen LogP contribution in [-0.4, -0.2) is 54.5 Å². The molecule has 1 amide bonds. The standard InChI is InChI=1S/C26H28FN5O3S2.3H2/c1-17-15-22-23(27)5-4-6-24(22)32(17)19(3)25(33)31-13-12-30(16-18(31)2)20-7-9-21(10-8-20)37(34,35)29-26-28-11-14-36-26;;;/h4-11,14-15,18-19H,12-13,16H2,1-3H3,(H,28,29);3*1H/t18-,19-;;;/m1.../s1. The number of hydrogen-bond donors (Lipinski definition) is 1. The Bertz CT molecular complexity index is 1550. The zero-order valence-corrected chi connectivity index (χ0v) is 22.4. The summed E-state index contributed by atoms with van der Waals surface area (Å²) in [7, 11) is -3.71. The van der Waals surface area contributed by atoms with Gasteiger partial charge in [0.2, 0.25) is 5.91 Å². The Hall–Kier alpha value is -3.44. The number of carbonyl (C=O) groups excluding carboxylic acids is 1. The number of aromatic nitrogens is 2. The number of nitrogens with zero attached hydrogens (tertiary/aromatic N) is 4. The van der Waals surface area contributed by atoms with Crippen molar-refractivity contribution in [3.8, 4) is 0 Å². The lowest BCUT2D eigenvalue weighted by atomic mass is 10.1. The maximum atomic E-state index is 14.3. The fraction of sp³-hybridized carbons (Fsp3) is 0.308. The zero-order chi connectivity index (χ0) is 26.3. The average molecular weight is 548 g/mol. The molecule has 2 aromatic heterocycles. The van der Waals surface area contributed by atoms with Crippen LogP contribution >= 0.6 is 11.3 Å². The molecule has 2 atom stereocenters. The van der Waals surface area contributed by atoms with E-state index >= 15 is 0 Å². The third kappa shape index (κ3) is 4.80. The van der Waals surface area contributed by atoms with Crippen molar-refractivity contribution in [1.29, 1.82) is 0 Å². The molecule has 200 valence electrons. The summed E-state index contributed by atoms with van der Waals surface area (Å²) in [6.07, 6.45) is 1.54. The highest BCUT2D eigenvalue weighted by molar-refractivity contribution is 7.93. The quantitative estimate of drug-likeness (QED) is 0.350. The van der Waals surface area contributed by atoms with Gasteiger partial charge in [0.1, 0.15) is 11.9 Å². The number of aryl methyl sites for hydroxylation is 1. The van der Waals surface area contributed by atoms with E-state index in [9.17, 15) is 17.6 Å². The van der Waals surface area contributed by atoms with Gasteiger partial charge in [0.05, 0.1) is 10.4 Å². The molecule has 0 spiro atoms. The topological polar surface area (TPSA) is 87.5 Å². The highest BCUT2D eigenvalue weighted by atomic mass is 32.2. The molecule has 8 nitrogen and oxygen atoms in total. The van der Waals surface area contributed by atoms with Gasteiger partial charge in [0, 0.05) is 58.3 Å². The van der Waals surface area contributed by atoms with Crippen LogP contribution in [0, 0.1) is 12.7 Å². The van der Waals surface area contributed by atoms with Crippen LogP contribution in [0.3, 0.4) is 0 Å². The number of rotatable bonds is 6. The van der Waals surface area contributed by atoms with Crippen LogP contribution in [0.5, 0.6) is 0 Å². The first-order valence-corrected chi connectivity index (χ1v) is 14.4. The Morgan fingerprint density at radius 3 is 2.65 bits per heavy atom. The van der Waals surface area contributed by atoms with Crippen LogP contribution in [0.1, 0.15) is 29.9 Å². The molecular formula is C26H34FN5O3S2. The first-order valence-electron chi connectivity index (χ1n) is 12.0. The lowest BCUT2D eigenvalue weighted by Crippen LogP contribution is -2.55. The number of piperazine rings is 1. The van der Waals surface area contributed by atoms with E-state index in [4.69, 9.17) is 0 Å². The van der Waals surface area contributed by atoms with Crippen molar-refractivity contribution in [3.05, 3.63) is 71.6 Å². The van der Waals surface area contributed by atoms with E-state index < -0.39 is 16.1 Å². The fourth-order valence-electron chi connectivity index (χ4n) is 5.01. The maximum absolute atomic E-state index is 14.3. The molecule has 1 aliphatic heterocycles. The second kappa shape index (κ2) is 9.79. The monoisotopic (exact) mass is 547 g/mol. The van der Waals surface area contributed by atoms with E-state index in [2.05, 4.69) is 14.6 Å². The van der Waals surface area contributed by atoms with E-state index in [0.29, 0.717) is 35.7 Å². The van der Waals surface area contributed by atoms with Crippen molar-refractivity contribution in [2.75, 3.05) is 29.3 Å². The van der Waals surface area contributed by atoms with E-state index in [-0.39, 0.29) is 26.9 Å². The second-order valence-corrected chi connectivity index (χ2v) is 11.8. The van der Waals surface area contributed by atoms with Gasteiger partial charge in [-0.3, -0.25) is 9.52 Å². The van der Waals surface area contributed by atoms with Crippen LogP contribution in [0.15, 0.2) is 65.0 Å². The molecule has 1 fully saturated rings. The SMILES string of the molecule is Cc1cc2c(F)cccc2n1[C@H](C)C(=O)N1CCN(c2ccc(S(=O)(=O)Nc3nccs3)cc2)C[C@H]1C.[HH].[HH].[HH]. The summed E-state index contributed by atoms with van der Waals surface area (Å²) in [5.41, 5.74) is 2.44. The summed E-state index contributed by atoms with van der Waals surface area (Å²) in [4.78, 5) is 21.7. The zero-order valence-electron chi connectivity index (χ0n) is 20.8. The Labute approximate surface area is 223 Å². The van der Waals surface area contributed by atoms with Crippen LogP contribution < -0.4 is 9.62 Å². The predicted octanol–water partition coefficient (Wildman–Crippen LogP) is 5.38. The van der Waals surface area contributed by atoms with Gasteiger partial charge in [0.15, 0.2) is 5.13 Å². The average Bonchev–Trinajstić information content (AvgIpc) is 3.50. The lowest BCUT2D eigenvalue weighted by molar-refractivity contribution is -0.136. The van der Waals surface area contributed by atoms with Crippen LogP contribution in [-0.2, 0) is 14.8 Å².